The Kier molecular flexibility index (Phi) is 43.7. The van der Waals surface area contributed by atoms with Crippen LogP contribution in [0.1, 0.15) is 252 Å². The van der Waals surface area contributed by atoms with Gasteiger partial charge in [0, 0.05) is 12.8 Å². The third-order valence-electron chi connectivity index (χ3n) is 12.3. The maximum atomic E-state index is 12.3. The van der Waals surface area contributed by atoms with Crippen LogP contribution >= 0.6 is 0 Å². The van der Waals surface area contributed by atoms with Crippen LogP contribution in [0.25, 0.3) is 0 Å². The lowest BCUT2D eigenvalue weighted by Gasteiger charge is -2.18. The van der Waals surface area contributed by atoms with Gasteiger partial charge in [-0.15, -0.1) is 0 Å². The summed E-state index contributed by atoms with van der Waals surface area (Å²) in [6.07, 6.45) is 51.6. The molecule has 0 aliphatic carbocycles. The van der Waals surface area contributed by atoms with E-state index in [1.807, 2.05) is 0 Å². The first kappa shape index (κ1) is 56.4. The maximum absolute atomic E-state index is 12.3. The molecule has 0 rings (SSSR count). The van der Waals surface area contributed by atoms with Crippen molar-refractivity contribution in [1.29, 1.82) is 0 Å². The standard InChI is InChI=1S/C53H101NO4/c1-7-11-21-35-49(36-22-12-8-2)42-30-33-47-57-52(55)44-27-19-15-17-25-39-51(41-29-32-46-54(5)6)40-26-18-16-20-28-45-53(56)58-48-34-31-43-50(37-23-13-9-3)38-24-14-10-4/h30-31,33-34,49-51H,7-29,32,35-48H2,1-6H3/b33-30-,34-31-. The molecular weight excluding hydrogens is 715 g/mol. The average Bonchev–Trinajstić information content (AvgIpc) is 3.20. The number of nitrogens with zero attached hydrogens (tertiary/aromatic N) is 1. The first-order chi connectivity index (χ1) is 28.4. The second-order valence-electron chi connectivity index (χ2n) is 18.3. The van der Waals surface area contributed by atoms with Crippen molar-refractivity contribution in [3.63, 3.8) is 0 Å². The van der Waals surface area contributed by atoms with E-state index in [1.165, 1.54) is 180 Å². The van der Waals surface area contributed by atoms with Gasteiger partial charge < -0.3 is 14.4 Å². The molecule has 0 radical (unpaired) electrons. The summed E-state index contributed by atoms with van der Waals surface area (Å²) < 4.78 is 11.0. The van der Waals surface area contributed by atoms with Gasteiger partial charge in [-0.2, -0.15) is 0 Å². The van der Waals surface area contributed by atoms with Crippen LogP contribution in [0.15, 0.2) is 24.3 Å². The number of hydrogen-bond donors (Lipinski definition) is 0. The maximum Gasteiger partial charge on any atom is 0.306 e. The van der Waals surface area contributed by atoms with Gasteiger partial charge in [-0.1, -0.05) is 232 Å². The minimum absolute atomic E-state index is 0.0395. The highest BCUT2D eigenvalue weighted by molar-refractivity contribution is 5.69. The molecule has 0 aromatic heterocycles. The third-order valence-corrected chi connectivity index (χ3v) is 12.3. The van der Waals surface area contributed by atoms with E-state index in [-0.39, 0.29) is 11.9 Å². The fourth-order valence-corrected chi connectivity index (χ4v) is 8.39. The number of unbranched alkanes of at least 4 members (excludes halogenated alkanes) is 17. The molecule has 0 amide bonds. The second-order valence-corrected chi connectivity index (χ2v) is 18.3. The lowest BCUT2D eigenvalue weighted by atomic mass is 9.90. The van der Waals surface area contributed by atoms with Crippen LogP contribution in [0.3, 0.4) is 0 Å². The summed E-state index contributed by atoms with van der Waals surface area (Å²) >= 11 is 0. The van der Waals surface area contributed by atoms with Gasteiger partial charge in [-0.25, -0.2) is 0 Å². The Morgan fingerprint density at radius 1 is 0.397 bits per heavy atom. The van der Waals surface area contributed by atoms with Crippen LogP contribution < -0.4 is 0 Å². The minimum Gasteiger partial charge on any atom is -0.461 e. The predicted octanol–water partition coefficient (Wildman–Crippen LogP) is 16.3. The van der Waals surface area contributed by atoms with E-state index >= 15 is 0 Å². The Bertz CT molecular complexity index is 843. The van der Waals surface area contributed by atoms with Crippen LogP contribution in [0.5, 0.6) is 0 Å². The molecule has 0 aliphatic rings. The molecule has 0 bridgehead atoms. The molecule has 0 unspecified atom stereocenters. The van der Waals surface area contributed by atoms with Crippen LogP contribution in [-0.2, 0) is 19.1 Å². The lowest BCUT2D eigenvalue weighted by molar-refractivity contribution is -0.143. The first-order valence-electron chi connectivity index (χ1n) is 25.6. The molecule has 0 fully saturated rings. The zero-order valence-corrected chi connectivity index (χ0v) is 40.0. The normalized spacial score (nSPS) is 12.1. The molecule has 342 valence electrons. The Morgan fingerprint density at radius 3 is 1.07 bits per heavy atom. The fraction of sp³-hybridized carbons (Fsp3) is 0.887. The van der Waals surface area contributed by atoms with Crippen LogP contribution in [0, 0.1) is 17.8 Å². The van der Waals surface area contributed by atoms with Gasteiger partial charge >= 0.3 is 11.9 Å². The van der Waals surface area contributed by atoms with Crippen molar-refractivity contribution in [1.82, 2.24) is 4.90 Å². The minimum atomic E-state index is -0.0395. The average molecular weight is 816 g/mol. The second kappa shape index (κ2) is 44.9. The highest BCUT2D eigenvalue weighted by Crippen LogP contribution is 2.25. The monoisotopic (exact) mass is 816 g/mol. The number of esters is 2. The van der Waals surface area contributed by atoms with Crippen LogP contribution in [0.4, 0.5) is 0 Å². The Labute approximate surface area is 363 Å². The molecule has 0 heterocycles. The number of ether oxygens (including phenoxy) is 2. The predicted molar refractivity (Wildman–Crippen MR) is 254 cm³/mol. The zero-order chi connectivity index (χ0) is 42.6. The zero-order valence-electron chi connectivity index (χ0n) is 40.0. The summed E-state index contributed by atoms with van der Waals surface area (Å²) in [5.41, 5.74) is 0. The van der Waals surface area contributed by atoms with Gasteiger partial charge in [0.2, 0.25) is 0 Å². The van der Waals surface area contributed by atoms with Crippen molar-refractivity contribution >= 4 is 11.9 Å². The number of rotatable bonds is 45. The van der Waals surface area contributed by atoms with Crippen molar-refractivity contribution < 1.29 is 19.1 Å². The highest BCUT2D eigenvalue weighted by Gasteiger charge is 2.11. The summed E-state index contributed by atoms with van der Waals surface area (Å²) in [6.45, 7) is 11.2. The van der Waals surface area contributed by atoms with Gasteiger partial charge in [-0.05, 0) is 70.5 Å². The van der Waals surface area contributed by atoms with Crippen LogP contribution in [-0.4, -0.2) is 50.7 Å². The largest absolute Gasteiger partial charge is 0.461 e. The third kappa shape index (κ3) is 41.1. The number of hydrogen-bond acceptors (Lipinski definition) is 5. The van der Waals surface area contributed by atoms with Gasteiger partial charge in [-0.3, -0.25) is 9.59 Å². The van der Waals surface area contributed by atoms with E-state index in [2.05, 4.69) is 71.0 Å². The molecule has 0 atom stereocenters. The van der Waals surface area contributed by atoms with Gasteiger partial charge in [0.1, 0.15) is 13.2 Å². The van der Waals surface area contributed by atoms with Crippen LogP contribution in [0.2, 0.25) is 0 Å². The lowest BCUT2D eigenvalue weighted by Crippen LogP contribution is -2.13. The summed E-state index contributed by atoms with van der Waals surface area (Å²) in [6, 6.07) is 0. The van der Waals surface area contributed by atoms with Gasteiger partial charge in [0.05, 0.1) is 0 Å². The molecule has 0 aromatic rings. The van der Waals surface area contributed by atoms with Crippen molar-refractivity contribution in [3.05, 3.63) is 24.3 Å². The molecule has 0 saturated carbocycles. The smallest absolute Gasteiger partial charge is 0.306 e. The van der Waals surface area contributed by atoms with Crippen molar-refractivity contribution in [2.45, 2.75) is 252 Å². The number of carbonyl (C=O) groups excluding carboxylic acids is 2. The summed E-state index contributed by atoms with van der Waals surface area (Å²) in [5.74, 6) is 2.32. The molecule has 58 heavy (non-hydrogen) atoms. The summed E-state index contributed by atoms with van der Waals surface area (Å²) in [7, 11) is 4.35. The summed E-state index contributed by atoms with van der Waals surface area (Å²) in [4.78, 5) is 26.9. The molecule has 0 aromatic carbocycles. The van der Waals surface area contributed by atoms with Crippen molar-refractivity contribution in [2.75, 3.05) is 33.9 Å². The Balaban J connectivity index is 4.19. The molecule has 5 nitrogen and oxygen atoms in total. The van der Waals surface area contributed by atoms with Gasteiger partial charge in [0.15, 0.2) is 0 Å². The molecule has 5 heteroatoms. The van der Waals surface area contributed by atoms with E-state index in [9.17, 15) is 9.59 Å². The fourth-order valence-electron chi connectivity index (χ4n) is 8.39. The Hall–Kier alpha value is -1.62. The molecule has 0 N–H and O–H groups in total. The first-order valence-corrected chi connectivity index (χ1v) is 25.6. The van der Waals surface area contributed by atoms with Gasteiger partial charge in [0.25, 0.3) is 0 Å². The van der Waals surface area contributed by atoms with E-state index < -0.39 is 0 Å². The van der Waals surface area contributed by atoms with E-state index in [1.54, 1.807) is 0 Å². The number of allylic oxidation sites excluding steroid dienone is 2. The quantitative estimate of drug-likeness (QED) is 0.0348. The van der Waals surface area contributed by atoms with E-state index in [0.717, 1.165) is 56.3 Å². The SMILES string of the molecule is CCCCCC(C/C=C\COC(=O)CCCCCCCC(CCCCCCCC(=O)OC/C=C\CC(CCCCC)CCCCC)CCCCN(C)C)CCCCC. The highest BCUT2D eigenvalue weighted by atomic mass is 16.5. The number of carbonyl (C=O) groups is 2. The molecule has 0 saturated heterocycles. The molecular formula is C53H101NO4. The molecule has 0 aliphatic heterocycles. The van der Waals surface area contributed by atoms with Crippen molar-refractivity contribution in [3.8, 4) is 0 Å². The topological polar surface area (TPSA) is 55.8 Å². The Morgan fingerprint density at radius 2 is 0.707 bits per heavy atom. The molecule has 0 spiro atoms. The van der Waals surface area contributed by atoms with Crippen molar-refractivity contribution in [2.24, 2.45) is 17.8 Å². The van der Waals surface area contributed by atoms with E-state index in [4.69, 9.17) is 9.47 Å². The summed E-state index contributed by atoms with van der Waals surface area (Å²) in [5, 5.41) is 0. The van der Waals surface area contributed by atoms with E-state index in [0.29, 0.717) is 26.1 Å².